The Morgan fingerprint density at radius 2 is 2.24 bits per heavy atom. The molecule has 3 heteroatoms. The first-order chi connectivity index (χ1) is 8.10. The van der Waals surface area contributed by atoms with Gasteiger partial charge in [0.15, 0.2) is 0 Å². The van der Waals surface area contributed by atoms with Crippen LogP contribution in [-0.2, 0) is 0 Å². The van der Waals surface area contributed by atoms with Crippen molar-refractivity contribution in [2.45, 2.75) is 20.3 Å². The minimum absolute atomic E-state index is 0.139. The molecule has 92 valence electrons. The second-order valence-electron chi connectivity index (χ2n) is 4.02. The van der Waals surface area contributed by atoms with Crippen LogP contribution in [0.25, 0.3) is 0 Å². The first-order valence-electron chi connectivity index (χ1n) is 5.76. The quantitative estimate of drug-likeness (QED) is 0.718. The third kappa shape index (κ3) is 3.41. The monoisotopic (exact) mass is 235 g/mol. The molecule has 1 rings (SSSR count). The number of benzene rings is 1. The van der Waals surface area contributed by atoms with Gasteiger partial charge in [0.25, 0.3) is 5.91 Å². The molecule has 1 aromatic rings. The third-order valence-electron chi connectivity index (χ3n) is 2.48. The fourth-order valence-corrected chi connectivity index (χ4v) is 1.67. The fourth-order valence-electron chi connectivity index (χ4n) is 1.67. The van der Waals surface area contributed by atoms with Crippen molar-refractivity contribution in [1.29, 1.82) is 0 Å². The van der Waals surface area contributed by atoms with E-state index in [0.29, 0.717) is 13.1 Å². The highest BCUT2D eigenvalue weighted by Gasteiger charge is 2.17. The van der Waals surface area contributed by atoms with E-state index in [1.165, 1.54) is 6.07 Å². The van der Waals surface area contributed by atoms with Crippen molar-refractivity contribution < 1.29 is 9.18 Å². The van der Waals surface area contributed by atoms with E-state index >= 15 is 0 Å². The van der Waals surface area contributed by atoms with Gasteiger partial charge in [-0.25, -0.2) is 4.39 Å². The first kappa shape index (κ1) is 13.4. The van der Waals surface area contributed by atoms with E-state index in [1.54, 1.807) is 23.1 Å². The molecule has 0 aromatic heterocycles. The summed E-state index contributed by atoms with van der Waals surface area (Å²) < 4.78 is 13.6. The summed E-state index contributed by atoms with van der Waals surface area (Å²) in [6, 6.07) is 4.58. The van der Waals surface area contributed by atoms with Gasteiger partial charge in [0.05, 0.1) is 5.56 Å². The maximum atomic E-state index is 13.6. The molecule has 17 heavy (non-hydrogen) atoms. The standard InChI is InChI=1S/C14H18FNO/c1-4-8-16(9-5-2)14(17)12-10-11(3)6-7-13(12)15/h4,6-7,10H,1,5,8-9H2,2-3H3. The lowest BCUT2D eigenvalue weighted by atomic mass is 10.1. The van der Waals surface area contributed by atoms with Gasteiger partial charge in [0.1, 0.15) is 5.82 Å². The summed E-state index contributed by atoms with van der Waals surface area (Å²) in [4.78, 5) is 13.7. The van der Waals surface area contributed by atoms with Crippen molar-refractivity contribution in [3.8, 4) is 0 Å². The maximum Gasteiger partial charge on any atom is 0.257 e. The molecule has 0 saturated carbocycles. The number of amides is 1. The van der Waals surface area contributed by atoms with Crippen LogP contribution >= 0.6 is 0 Å². The molecule has 0 N–H and O–H groups in total. The Morgan fingerprint density at radius 1 is 1.53 bits per heavy atom. The smallest absolute Gasteiger partial charge is 0.257 e. The van der Waals surface area contributed by atoms with Gasteiger partial charge < -0.3 is 4.90 Å². The highest BCUT2D eigenvalue weighted by atomic mass is 19.1. The Morgan fingerprint density at radius 3 is 2.82 bits per heavy atom. The molecule has 0 bridgehead atoms. The molecule has 0 fully saturated rings. The molecule has 0 heterocycles. The summed E-state index contributed by atoms with van der Waals surface area (Å²) in [5.41, 5.74) is 1.02. The number of nitrogens with zero attached hydrogens (tertiary/aromatic N) is 1. The second kappa shape index (κ2) is 6.18. The zero-order valence-electron chi connectivity index (χ0n) is 10.4. The van der Waals surface area contributed by atoms with Crippen LogP contribution in [-0.4, -0.2) is 23.9 Å². The Kier molecular flexibility index (Phi) is 4.88. The van der Waals surface area contributed by atoms with Crippen molar-refractivity contribution in [2.75, 3.05) is 13.1 Å². The van der Waals surface area contributed by atoms with E-state index in [-0.39, 0.29) is 11.5 Å². The highest BCUT2D eigenvalue weighted by molar-refractivity contribution is 5.94. The van der Waals surface area contributed by atoms with Gasteiger partial charge >= 0.3 is 0 Å². The molecule has 0 aliphatic heterocycles. The van der Waals surface area contributed by atoms with E-state index in [1.807, 2.05) is 13.8 Å². The number of halogens is 1. The lowest BCUT2D eigenvalue weighted by Gasteiger charge is -2.20. The molecular weight excluding hydrogens is 217 g/mol. The Hall–Kier alpha value is -1.64. The average molecular weight is 235 g/mol. The fraction of sp³-hybridized carbons (Fsp3) is 0.357. The molecule has 1 aromatic carbocycles. The summed E-state index contributed by atoms with van der Waals surface area (Å²) in [5.74, 6) is -0.737. The number of aryl methyl sites for hydroxylation is 1. The van der Waals surface area contributed by atoms with Gasteiger partial charge in [-0.15, -0.1) is 6.58 Å². The molecule has 0 saturated heterocycles. The molecule has 1 amide bonds. The molecular formula is C14H18FNO. The van der Waals surface area contributed by atoms with Crippen molar-refractivity contribution in [1.82, 2.24) is 4.90 Å². The zero-order valence-corrected chi connectivity index (χ0v) is 10.4. The molecule has 0 aliphatic rings. The van der Waals surface area contributed by atoms with E-state index in [9.17, 15) is 9.18 Å². The van der Waals surface area contributed by atoms with Gasteiger partial charge in [0.2, 0.25) is 0 Å². The van der Waals surface area contributed by atoms with Gasteiger partial charge in [-0.2, -0.15) is 0 Å². The minimum atomic E-state index is -0.467. The van der Waals surface area contributed by atoms with Gasteiger partial charge in [-0.1, -0.05) is 24.6 Å². The minimum Gasteiger partial charge on any atom is -0.335 e. The van der Waals surface area contributed by atoms with E-state index < -0.39 is 5.82 Å². The lowest BCUT2D eigenvalue weighted by molar-refractivity contribution is 0.0769. The summed E-state index contributed by atoms with van der Waals surface area (Å²) in [7, 11) is 0. The number of carbonyl (C=O) groups is 1. The van der Waals surface area contributed by atoms with E-state index in [0.717, 1.165) is 12.0 Å². The zero-order chi connectivity index (χ0) is 12.8. The molecule has 0 aliphatic carbocycles. The highest BCUT2D eigenvalue weighted by Crippen LogP contribution is 2.13. The van der Waals surface area contributed by atoms with Crippen molar-refractivity contribution in [3.05, 3.63) is 47.8 Å². The van der Waals surface area contributed by atoms with Crippen LogP contribution in [0, 0.1) is 12.7 Å². The average Bonchev–Trinajstić information content (AvgIpc) is 2.31. The van der Waals surface area contributed by atoms with Crippen LogP contribution in [0.4, 0.5) is 4.39 Å². The largest absolute Gasteiger partial charge is 0.335 e. The molecule has 0 spiro atoms. The molecule has 0 atom stereocenters. The third-order valence-corrected chi connectivity index (χ3v) is 2.48. The SMILES string of the molecule is C=CCN(CCC)C(=O)c1cc(C)ccc1F. The predicted molar refractivity (Wildman–Crippen MR) is 67.5 cm³/mol. The maximum absolute atomic E-state index is 13.6. The number of hydrogen-bond donors (Lipinski definition) is 0. The van der Waals surface area contributed by atoms with Crippen LogP contribution in [0.15, 0.2) is 30.9 Å². The van der Waals surface area contributed by atoms with Crippen LogP contribution in [0.1, 0.15) is 29.3 Å². The Labute approximate surface area is 102 Å². The van der Waals surface area contributed by atoms with Crippen LogP contribution in [0.3, 0.4) is 0 Å². The Balaban J connectivity index is 2.99. The number of hydrogen-bond acceptors (Lipinski definition) is 1. The summed E-state index contributed by atoms with van der Waals surface area (Å²) in [6.07, 6.45) is 2.49. The van der Waals surface area contributed by atoms with E-state index in [2.05, 4.69) is 6.58 Å². The van der Waals surface area contributed by atoms with Crippen molar-refractivity contribution >= 4 is 5.91 Å². The topological polar surface area (TPSA) is 20.3 Å². The normalized spacial score (nSPS) is 10.1. The summed E-state index contributed by atoms with van der Waals surface area (Å²) >= 11 is 0. The number of rotatable bonds is 5. The van der Waals surface area contributed by atoms with Gasteiger partial charge in [-0.05, 0) is 25.5 Å². The van der Waals surface area contributed by atoms with Crippen molar-refractivity contribution in [3.63, 3.8) is 0 Å². The first-order valence-corrected chi connectivity index (χ1v) is 5.76. The Bertz CT molecular complexity index is 415. The summed E-state index contributed by atoms with van der Waals surface area (Å²) in [5, 5.41) is 0. The summed E-state index contributed by atoms with van der Waals surface area (Å²) in [6.45, 7) is 8.49. The molecule has 2 nitrogen and oxygen atoms in total. The lowest BCUT2D eigenvalue weighted by Crippen LogP contribution is -2.32. The van der Waals surface area contributed by atoms with Gasteiger partial charge in [0, 0.05) is 13.1 Å². The predicted octanol–water partition coefficient (Wildman–Crippen LogP) is 3.17. The van der Waals surface area contributed by atoms with Crippen LogP contribution < -0.4 is 0 Å². The number of carbonyl (C=O) groups excluding carboxylic acids is 1. The van der Waals surface area contributed by atoms with Crippen LogP contribution in [0.5, 0.6) is 0 Å². The van der Waals surface area contributed by atoms with Gasteiger partial charge in [-0.3, -0.25) is 4.79 Å². The molecule has 0 unspecified atom stereocenters. The van der Waals surface area contributed by atoms with E-state index in [4.69, 9.17) is 0 Å². The van der Waals surface area contributed by atoms with Crippen molar-refractivity contribution in [2.24, 2.45) is 0 Å². The van der Waals surface area contributed by atoms with Crippen LogP contribution in [0.2, 0.25) is 0 Å². The molecule has 0 radical (unpaired) electrons. The second-order valence-corrected chi connectivity index (χ2v) is 4.02.